The van der Waals surface area contributed by atoms with Crippen LogP contribution in [0.1, 0.15) is 30.0 Å². The molecule has 0 radical (unpaired) electrons. The summed E-state index contributed by atoms with van der Waals surface area (Å²) in [5.41, 5.74) is 8.10. The highest BCUT2D eigenvalue weighted by Crippen LogP contribution is 2.32. The maximum atomic E-state index is 12.1. The minimum Gasteiger partial charge on any atom is -0.399 e. The first kappa shape index (κ1) is 12.7. The van der Waals surface area contributed by atoms with Gasteiger partial charge in [-0.3, -0.25) is 4.79 Å². The molecule has 1 amide bonds. The second-order valence-corrected chi connectivity index (χ2v) is 4.41. The molecule has 3 N–H and O–H groups in total. The summed E-state index contributed by atoms with van der Waals surface area (Å²) < 4.78 is 36.2. The molecule has 0 fully saturated rings. The Labute approximate surface area is 102 Å². The fourth-order valence-corrected chi connectivity index (χ4v) is 2.21. The second kappa shape index (κ2) is 4.51. The number of nitrogens with two attached hydrogens (primary N) is 1. The van der Waals surface area contributed by atoms with Gasteiger partial charge in [0.05, 0.1) is 6.04 Å². The number of carbonyl (C=O) groups is 1. The van der Waals surface area contributed by atoms with Crippen molar-refractivity contribution in [2.45, 2.75) is 31.5 Å². The number of carbonyl (C=O) groups excluding carboxylic acids is 1. The standard InChI is InChI=1S/C12H13F3N2O/c13-12(14,15)6-11(18)17-10-4-1-7-5-8(16)2-3-9(7)10/h2-3,5,10H,1,4,6,16H2,(H,17,18). The van der Waals surface area contributed by atoms with Crippen LogP contribution in [0.2, 0.25) is 0 Å². The predicted molar refractivity (Wildman–Crippen MR) is 60.7 cm³/mol. The Morgan fingerprint density at radius 1 is 1.44 bits per heavy atom. The summed E-state index contributed by atoms with van der Waals surface area (Å²) in [6.07, 6.45) is -4.57. The molecule has 0 bridgehead atoms. The van der Waals surface area contributed by atoms with Crippen LogP contribution >= 0.6 is 0 Å². The lowest BCUT2D eigenvalue weighted by Crippen LogP contribution is -2.31. The summed E-state index contributed by atoms with van der Waals surface area (Å²) in [6, 6.07) is 4.91. The van der Waals surface area contributed by atoms with Gasteiger partial charge in [-0.15, -0.1) is 0 Å². The van der Waals surface area contributed by atoms with Gasteiger partial charge in [0.1, 0.15) is 6.42 Å². The van der Waals surface area contributed by atoms with Crippen molar-refractivity contribution in [1.29, 1.82) is 0 Å². The molecule has 1 aromatic rings. The monoisotopic (exact) mass is 258 g/mol. The number of rotatable bonds is 2. The van der Waals surface area contributed by atoms with E-state index in [9.17, 15) is 18.0 Å². The highest BCUT2D eigenvalue weighted by atomic mass is 19.4. The maximum absolute atomic E-state index is 12.1. The second-order valence-electron chi connectivity index (χ2n) is 4.41. The zero-order valence-electron chi connectivity index (χ0n) is 9.55. The smallest absolute Gasteiger partial charge is 0.397 e. The Bertz CT molecular complexity index is 471. The van der Waals surface area contributed by atoms with Crippen molar-refractivity contribution in [3.63, 3.8) is 0 Å². The Morgan fingerprint density at radius 2 is 2.17 bits per heavy atom. The van der Waals surface area contributed by atoms with Crippen LogP contribution in [0.3, 0.4) is 0 Å². The molecule has 0 saturated carbocycles. The number of anilines is 1. The predicted octanol–water partition coefficient (Wildman–Crippen LogP) is 2.32. The van der Waals surface area contributed by atoms with E-state index in [4.69, 9.17) is 5.73 Å². The van der Waals surface area contributed by atoms with Crippen molar-refractivity contribution in [2.75, 3.05) is 5.73 Å². The Hall–Kier alpha value is -1.72. The van der Waals surface area contributed by atoms with E-state index in [-0.39, 0.29) is 6.04 Å². The Balaban J connectivity index is 2.04. The maximum Gasteiger partial charge on any atom is 0.397 e. The summed E-state index contributed by atoms with van der Waals surface area (Å²) in [4.78, 5) is 11.2. The van der Waals surface area contributed by atoms with Crippen molar-refractivity contribution < 1.29 is 18.0 Å². The SMILES string of the molecule is Nc1ccc2c(c1)CCC2NC(=O)CC(F)(F)F. The van der Waals surface area contributed by atoms with E-state index in [0.29, 0.717) is 12.1 Å². The molecule has 3 nitrogen and oxygen atoms in total. The summed E-state index contributed by atoms with van der Waals surface area (Å²) in [5.74, 6) is -0.989. The number of fused-ring (bicyclic) bond motifs is 1. The summed E-state index contributed by atoms with van der Waals surface area (Å²) in [5, 5.41) is 2.41. The first-order valence-electron chi connectivity index (χ1n) is 5.59. The van der Waals surface area contributed by atoms with Gasteiger partial charge in [0.15, 0.2) is 0 Å². The molecular weight excluding hydrogens is 245 g/mol. The van der Waals surface area contributed by atoms with Gasteiger partial charge >= 0.3 is 6.18 Å². The molecule has 0 saturated heterocycles. The van der Waals surface area contributed by atoms with E-state index in [1.165, 1.54) is 0 Å². The molecule has 6 heteroatoms. The average Bonchev–Trinajstić information content (AvgIpc) is 2.57. The van der Waals surface area contributed by atoms with Crippen molar-refractivity contribution in [3.8, 4) is 0 Å². The fraction of sp³-hybridized carbons (Fsp3) is 0.417. The third-order valence-corrected chi connectivity index (χ3v) is 2.94. The number of alkyl halides is 3. The van der Waals surface area contributed by atoms with Crippen LogP contribution in [0.25, 0.3) is 0 Å². The number of benzene rings is 1. The van der Waals surface area contributed by atoms with Gasteiger partial charge in [-0.05, 0) is 36.1 Å². The van der Waals surface area contributed by atoms with Gasteiger partial charge in [0.2, 0.25) is 5.91 Å². The zero-order valence-corrected chi connectivity index (χ0v) is 9.55. The number of aryl methyl sites for hydroxylation is 1. The molecule has 1 aromatic carbocycles. The minimum atomic E-state index is -4.47. The Morgan fingerprint density at radius 3 is 2.83 bits per heavy atom. The summed E-state index contributed by atoms with van der Waals surface area (Å²) in [6.45, 7) is 0. The van der Waals surface area contributed by atoms with Crippen LogP contribution in [-0.4, -0.2) is 12.1 Å². The van der Waals surface area contributed by atoms with Crippen molar-refractivity contribution >= 4 is 11.6 Å². The molecule has 2 rings (SSSR count). The molecule has 1 aliphatic carbocycles. The number of halogens is 3. The van der Waals surface area contributed by atoms with Crippen LogP contribution in [0, 0.1) is 0 Å². The molecule has 1 unspecified atom stereocenters. The summed E-state index contributed by atoms with van der Waals surface area (Å²) >= 11 is 0. The van der Waals surface area contributed by atoms with Gasteiger partial charge in [-0.1, -0.05) is 6.07 Å². The van der Waals surface area contributed by atoms with Gasteiger partial charge in [-0.25, -0.2) is 0 Å². The van der Waals surface area contributed by atoms with Crippen molar-refractivity contribution in [2.24, 2.45) is 0 Å². The van der Waals surface area contributed by atoms with Gasteiger partial charge in [0.25, 0.3) is 0 Å². The number of hydrogen-bond donors (Lipinski definition) is 2. The summed E-state index contributed by atoms with van der Waals surface area (Å²) in [7, 11) is 0. The molecule has 18 heavy (non-hydrogen) atoms. The topological polar surface area (TPSA) is 55.1 Å². The normalized spacial score (nSPS) is 18.5. The van der Waals surface area contributed by atoms with Gasteiger partial charge in [-0.2, -0.15) is 13.2 Å². The molecular formula is C12H13F3N2O. The van der Waals surface area contributed by atoms with E-state index in [1.807, 2.05) is 0 Å². The molecule has 0 heterocycles. The lowest BCUT2D eigenvalue weighted by Gasteiger charge is -2.15. The first-order chi connectivity index (χ1) is 8.35. The van der Waals surface area contributed by atoms with E-state index in [2.05, 4.69) is 5.32 Å². The quantitative estimate of drug-likeness (QED) is 0.800. The van der Waals surface area contributed by atoms with Crippen molar-refractivity contribution in [1.82, 2.24) is 5.32 Å². The molecule has 1 atom stereocenters. The average molecular weight is 258 g/mol. The number of amides is 1. The lowest BCUT2D eigenvalue weighted by molar-refractivity contribution is -0.154. The molecule has 0 aromatic heterocycles. The Kier molecular flexibility index (Phi) is 3.19. The molecule has 98 valence electrons. The molecule has 1 aliphatic rings. The highest BCUT2D eigenvalue weighted by Gasteiger charge is 2.33. The van der Waals surface area contributed by atoms with Crippen LogP contribution in [0.5, 0.6) is 0 Å². The number of hydrogen-bond acceptors (Lipinski definition) is 2. The molecule has 0 aliphatic heterocycles. The number of nitrogens with one attached hydrogen (secondary N) is 1. The lowest BCUT2D eigenvalue weighted by atomic mass is 10.1. The van der Waals surface area contributed by atoms with Crippen LogP contribution in [0.15, 0.2) is 18.2 Å². The fourth-order valence-electron chi connectivity index (χ4n) is 2.21. The van der Waals surface area contributed by atoms with Crippen LogP contribution < -0.4 is 11.1 Å². The van der Waals surface area contributed by atoms with E-state index in [1.54, 1.807) is 18.2 Å². The van der Waals surface area contributed by atoms with E-state index < -0.39 is 18.5 Å². The highest BCUT2D eigenvalue weighted by molar-refractivity contribution is 5.77. The van der Waals surface area contributed by atoms with Gasteiger partial charge in [0, 0.05) is 5.69 Å². The third-order valence-electron chi connectivity index (χ3n) is 2.94. The van der Waals surface area contributed by atoms with Crippen LogP contribution in [0.4, 0.5) is 18.9 Å². The van der Waals surface area contributed by atoms with E-state index in [0.717, 1.165) is 17.5 Å². The third kappa shape index (κ3) is 2.94. The van der Waals surface area contributed by atoms with Crippen molar-refractivity contribution in [3.05, 3.63) is 29.3 Å². The largest absolute Gasteiger partial charge is 0.399 e. The zero-order chi connectivity index (χ0) is 13.3. The number of nitrogen functional groups attached to an aromatic ring is 1. The van der Waals surface area contributed by atoms with Crippen LogP contribution in [-0.2, 0) is 11.2 Å². The molecule has 0 spiro atoms. The van der Waals surface area contributed by atoms with E-state index >= 15 is 0 Å². The first-order valence-corrected chi connectivity index (χ1v) is 5.59. The minimum absolute atomic E-state index is 0.338. The van der Waals surface area contributed by atoms with Gasteiger partial charge < -0.3 is 11.1 Å².